The van der Waals surface area contributed by atoms with Crippen LogP contribution in [0.3, 0.4) is 0 Å². The molecule has 8 nitrogen and oxygen atoms in total. The number of aryl methyl sites for hydroxylation is 1. The van der Waals surface area contributed by atoms with Crippen LogP contribution in [-0.4, -0.2) is 45.3 Å². The number of nitrogens with zero attached hydrogens (tertiary/aromatic N) is 2. The number of benzene rings is 2. The van der Waals surface area contributed by atoms with Gasteiger partial charge in [0.25, 0.3) is 15.9 Å². The van der Waals surface area contributed by atoms with Crippen molar-refractivity contribution in [2.24, 2.45) is 4.99 Å². The van der Waals surface area contributed by atoms with Gasteiger partial charge in [0, 0.05) is 30.8 Å². The van der Waals surface area contributed by atoms with E-state index < -0.39 is 22.1 Å². The molecule has 180 valence electrons. The van der Waals surface area contributed by atoms with Crippen molar-refractivity contribution in [1.29, 1.82) is 0 Å². The Balaban J connectivity index is 1.19. The monoisotopic (exact) mass is 483 g/mol. The Morgan fingerprint density at radius 3 is 2.71 bits per heavy atom. The Kier molecular flexibility index (Phi) is 7.31. The number of ether oxygens (including phenoxy) is 1. The molecule has 0 fully saturated rings. The molecule has 0 saturated carbocycles. The van der Waals surface area contributed by atoms with Gasteiger partial charge in [-0.3, -0.25) is 19.3 Å². The first-order valence-electron chi connectivity index (χ1n) is 11.6. The van der Waals surface area contributed by atoms with E-state index in [0.717, 1.165) is 30.5 Å². The highest BCUT2D eigenvalue weighted by Gasteiger charge is 2.30. The zero-order valence-electron chi connectivity index (χ0n) is 19.2. The number of aliphatic imine (C=N–C) groups is 1. The molecule has 0 spiro atoms. The third-order valence-electron chi connectivity index (χ3n) is 6.00. The van der Waals surface area contributed by atoms with Gasteiger partial charge in [-0.05, 0) is 56.4 Å². The van der Waals surface area contributed by atoms with Crippen molar-refractivity contribution in [2.45, 2.75) is 56.4 Å². The minimum atomic E-state index is -3.53. The zero-order chi connectivity index (χ0) is 24.1. The number of carbonyl (C=O) groups is 2. The number of nitrogens with one attached hydrogen (secondary N) is 1. The molecule has 1 amide bonds. The Morgan fingerprint density at radius 1 is 1.09 bits per heavy atom. The van der Waals surface area contributed by atoms with Crippen molar-refractivity contribution in [1.82, 2.24) is 4.72 Å². The third kappa shape index (κ3) is 5.30. The van der Waals surface area contributed by atoms with Crippen LogP contribution < -0.4 is 9.62 Å². The number of hydrogen-bond acceptors (Lipinski definition) is 6. The first-order valence-corrected chi connectivity index (χ1v) is 13.1. The number of anilines is 1. The fourth-order valence-electron chi connectivity index (χ4n) is 4.29. The van der Waals surface area contributed by atoms with Gasteiger partial charge in [-0.25, -0.2) is 8.42 Å². The van der Waals surface area contributed by atoms with E-state index in [4.69, 9.17) is 4.74 Å². The largest absolute Gasteiger partial charge is 0.453 e. The van der Waals surface area contributed by atoms with Gasteiger partial charge in [0.15, 0.2) is 6.10 Å². The van der Waals surface area contributed by atoms with Gasteiger partial charge in [0.05, 0.1) is 4.90 Å². The standard InChI is InChI=1S/C25H29N3O5S/c1-18(25(30)28-17-9-11-19-10-4-6-13-21(19)28)33-23(29)15-3-2-8-16-26-24-20-12-5-7-14-22(20)34(31,32)27-24/h4-7,10,12-14,18H,2-3,8-9,11,15-17H2,1H3,(H,26,27). The zero-order valence-corrected chi connectivity index (χ0v) is 20.0. The summed E-state index contributed by atoms with van der Waals surface area (Å²) in [6, 6.07) is 14.6. The van der Waals surface area contributed by atoms with E-state index in [-0.39, 0.29) is 17.2 Å². The lowest BCUT2D eigenvalue weighted by molar-refractivity contribution is -0.154. The number of sulfonamides is 1. The average molecular weight is 484 g/mol. The van der Waals surface area contributed by atoms with E-state index in [2.05, 4.69) is 9.71 Å². The molecule has 0 aliphatic carbocycles. The maximum Gasteiger partial charge on any atom is 0.306 e. The number of para-hydroxylation sites is 1. The average Bonchev–Trinajstić information content (AvgIpc) is 3.10. The second-order valence-electron chi connectivity index (χ2n) is 8.50. The number of amidine groups is 1. The first kappa shape index (κ1) is 23.9. The molecule has 2 aliphatic heterocycles. The molecule has 1 atom stereocenters. The van der Waals surface area contributed by atoms with Crippen LogP contribution in [0.4, 0.5) is 5.69 Å². The minimum Gasteiger partial charge on any atom is -0.453 e. The van der Waals surface area contributed by atoms with Crippen LogP contribution in [0.15, 0.2) is 58.4 Å². The number of unbranched alkanes of at least 4 members (excludes halogenated alkanes) is 2. The fourth-order valence-corrected chi connectivity index (χ4v) is 5.54. The topological polar surface area (TPSA) is 105 Å². The molecule has 1 N–H and O–H groups in total. The molecule has 2 aromatic carbocycles. The smallest absolute Gasteiger partial charge is 0.306 e. The van der Waals surface area contributed by atoms with Crippen LogP contribution in [0.25, 0.3) is 0 Å². The van der Waals surface area contributed by atoms with E-state index in [1.165, 1.54) is 0 Å². The molecule has 2 aliphatic rings. The van der Waals surface area contributed by atoms with E-state index in [0.29, 0.717) is 37.3 Å². The summed E-state index contributed by atoms with van der Waals surface area (Å²) in [6.45, 7) is 2.69. The van der Waals surface area contributed by atoms with Gasteiger partial charge < -0.3 is 9.64 Å². The Morgan fingerprint density at radius 2 is 1.85 bits per heavy atom. The van der Waals surface area contributed by atoms with Crippen molar-refractivity contribution >= 4 is 33.4 Å². The summed E-state index contributed by atoms with van der Waals surface area (Å²) in [7, 11) is -3.53. The van der Waals surface area contributed by atoms with E-state index in [1.54, 1.807) is 36.1 Å². The Labute approximate surface area is 200 Å². The first-order chi connectivity index (χ1) is 16.4. The van der Waals surface area contributed by atoms with Gasteiger partial charge in [-0.15, -0.1) is 0 Å². The van der Waals surface area contributed by atoms with Gasteiger partial charge in [0.2, 0.25) is 0 Å². The van der Waals surface area contributed by atoms with Crippen LogP contribution in [0.5, 0.6) is 0 Å². The highest BCUT2D eigenvalue weighted by atomic mass is 32.2. The van der Waals surface area contributed by atoms with Crippen molar-refractivity contribution in [3.63, 3.8) is 0 Å². The normalized spacial score (nSPS) is 18.0. The van der Waals surface area contributed by atoms with Gasteiger partial charge in [0.1, 0.15) is 5.84 Å². The molecule has 1 unspecified atom stereocenters. The second kappa shape index (κ2) is 10.4. The van der Waals surface area contributed by atoms with Crippen LogP contribution >= 0.6 is 0 Å². The van der Waals surface area contributed by atoms with E-state index in [1.807, 2.05) is 24.3 Å². The predicted molar refractivity (Wildman–Crippen MR) is 129 cm³/mol. The number of carbonyl (C=O) groups excluding carboxylic acids is 2. The number of hydrogen-bond donors (Lipinski definition) is 1. The maximum atomic E-state index is 12.9. The number of amides is 1. The summed E-state index contributed by atoms with van der Waals surface area (Å²) in [5.41, 5.74) is 2.62. The molecule has 2 heterocycles. The van der Waals surface area contributed by atoms with Crippen LogP contribution in [-0.2, 0) is 30.8 Å². The van der Waals surface area contributed by atoms with Gasteiger partial charge in [-0.1, -0.05) is 36.8 Å². The summed E-state index contributed by atoms with van der Waals surface area (Å²) < 4.78 is 32.1. The molecule has 34 heavy (non-hydrogen) atoms. The lowest BCUT2D eigenvalue weighted by Crippen LogP contribution is -2.42. The molecule has 4 rings (SSSR count). The van der Waals surface area contributed by atoms with Crippen molar-refractivity contribution in [3.05, 3.63) is 59.7 Å². The van der Waals surface area contributed by atoms with Crippen molar-refractivity contribution in [3.8, 4) is 0 Å². The Hall–Kier alpha value is -3.20. The highest BCUT2D eigenvalue weighted by molar-refractivity contribution is 7.90. The fraction of sp³-hybridized carbons (Fsp3) is 0.400. The number of rotatable bonds is 8. The molecule has 0 saturated heterocycles. The van der Waals surface area contributed by atoms with Gasteiger partial charge in [-0.2, -0.15) is 0 Å². The molecule has 0 radical (unpaired) electrons. The van der Waals surface area contributed by atoms with Crippen molar-refractivity contribution in [2.75, 3.05) is 18.0 Å². The molecule has 0 aromatic heterocycles. The van der Waals surface area contributed by atoms with Crippen LogP contribution in [0, 0.1) is 0 Å². The summed E-state index contributed by atoms with van der Waals surface area (Å²) >= 11 is 0. The Bertz CT molecular complexity index is 1210. The lowest BCUT2D eigenvalue weighted by Gasteiger charge is -2.31. The quantitative estimate of drug-likeness (QED) is 0.459. The maximum absolute atomic E-state index is 12.9. The SMILES string of the molecule is CC(OC(=O)CCCCCN=C1NS(=O)(=O)c2ccccc21)C(=O)N1CCCc2ccccc21. The van der Waals surface area contributed by atoms with Crippen molar-refractivity contribution < 1.29 is 22.7 Å². The summed E-state index contributed by atoms with van der Waals surface area (Å²) in [6.07, 6.45) is 3.28. The molecule has 2 aromatic rings. The van der Waals surface area contributed by atoms with E-state index in [9.17, 15) is 18.0 Å². The van der Waals surface area contributed by atoms with Crippen LogP contribution in [0.2, 0.25) is 0 Å². The minimum absolute atomic E-state index is 0.198. The van der Waals surface area contributed by atoms with Gasteiger partial charge >= 0.3 is 5.97 Å². The summed E-state index contributed by atoms with van der Waals surface area (Å²) in [5, 5.41) is 0. The van der Waals surface area contributed by atoms with Crippen LogP contribution in [0.1, 0.15) is 50.2 Å². The predicted octanol–water partition coefficient (Wildman–Crippen LogP) is 3.20. The molecule has 0 bridgehead atoms. The summed E-state index contributed by atoms with van der Waals surface area (Å²) in [4.78, 5) is 31.4. The second-order valence-corrected chi connectivity index (χ2v) is 10.1. The number of esters is 1. The molecular weight excluding hydrogens is 454 g/mol. The van der Waals surface area contributed by atoms with E-state index >= 15 is 0 Å². The lowest BCUT2D eigenvalue weighted by atomic mass is 10.0. The summed E-state index contributed by atoms with van der Waals surface area (Å²) in [5.74, 6) is -0.229. The third-order valence-corrected chi connectivity index (χ3v) is 7.40. The highest BCUT2D eigenvalue weighted by Crippen LogP contribution is 2.27. The number of fused-ring (bicyclic) bond motifs is 2. The molecular formula is C25H29N3O5S. The molecule has 9 heteroatoms.